The molecule has 5 nitrogen and oxygen atoms in total. The number of esters is 1. The number of nitrogens with two attached hydrogens (primary N) is 1. The molecule has 1 heterocycles. The predicted octanol–water partition coefficient (Wildman–Crippen LogP) is 0.243. The molecule has 0 spiro atoms. The molecule has 0 saturated carbocycles. The Balaban J connectivity index is 1.88. The summed E-state index contributed by atoms with van der Waals surface area (Å²) in [6, 6.07) is 6.58. The maximum absolute atomic E-state index is 11.6. The molecule has 1 aromatic rings. The summed E-state index contributed by atoms with van der Waals surface area (Å²) in [7, 11) is 0. The molecule has 1 aliphatic heterocycles. The summed E-state index contributed by atoms with van der Waals surface area (Å²) in [4.78, 5) is 22.8. The SMILES string of the molecule is Nc1ccc(CC(=O)N[C@@H]2CCOC2=O)cc1. The van der Waals surface area contributed by atoms with Crippen molar-refractivity contribution in [2.45, 2.75) is 18.9 Å². The molecule has 90 valence electrons. The monoisotopic (exact) mass is 234 g/mol. The van der Waals surface area contributed by atoms with Gasteiger partial charge in [0.1, 0.15) is 6.04 Å². The van der Waals surface area contributed by atoms with Crippen molar-refractivity contribution in [3.63, 3.8) is 0 Å². The minimum absolute atomic E-state index is 0.182. The van der Waals surface area contributed by atoms with Crippen molar-refractivity contribution < 1.29 is 14.3 Å². The van der Waals surface area contributed by atoms with Crippen LogP contribution in [0.5, 0.6) is 0 Å². The molecule has 0 radical (unpaired) electrons. The van der Waals surface area contributed by atoms with E-state index in [0.29, 0.717) is 18.7 Å². The topological polar surface area (TPSA) is 81.4 Å². The first-order valence-corrected chi connectivity index (χ1v) is 5.45. The number of rotatable bonds is 3. The molecule has 1 fully saturated rings. The highest BCUT2D eigenvalue weighted by Crippen LogP contribution is 2.08. The Morgan fingerprint density at radius 3 is 2.71 bits per heavy atom. The summed E-state index contributed by atoms with van der Waals surface area (Å²) >= 11 is 0. The van der Waals surface area contributed by atoms with E-state index in [4.69, 9.17) is 10.5 Å². The summed E-state index contributed by atoms with van der Waals surface area (Å²) in [5, 5.41) is 2.65. The smallest absolute Gasteiger partial charge is 0.328 e. The third-order valence-electron chi connectivity index (χ3n) is 2.61. The van der Waals surface area contributed by atoms with Gasteiger partial charge >= 0.3 is 5.97 Å². The molecule has 2 rings (SSSR count). The summed E-state index contributed by atoms with van der Waals surface area (Å²) < 4.78 is 4.76. The van der Waals surface area contributed by atoms with Crippen molar-refractivity contribution in [2.24, 2.45) is 0 Å². The zero-order chi connectivity index (χ0) is 12.3. The number of nitrogens with one attached hydrogen (secondary N) is 1. The lowest BCUT2D eigenvalue weighted by molar-refractivity contribution is -0.141. The van der Waals surface area contributed by atoms with Crippen LogP contribution in [0.1, 0.15) is 12.0 Å². The van der Waals surface area contributed by atoms with Crippen molar-refractivity contribution in [3.8, 4) is 0 Å². The molecule has 1 atom stereocenters. The quantitative estimate of drug-likeness (QED) is 0.580. The fraction of sp³-hybridized carbons (Fsp3) is 0.333. The zero-order valence-electron chi connectivity index (χ0n) is 9.31. The minimum atomic E-state index is -0.490. The fourth-order valence-corrected chi connectivity index (χ4v) is 1.69. The molecule has 3 N–H and O–H groups in total. The van der Waals surface area contributed by atoms with Crippen molar-refractivity contribution in [1.82, 2.24) is 5.32 Å². The number of carbonyl (C=O) groups excluding carboxylic acids is 2. The zero-order valence-corrected chi connectivity index (χ0v) is 9.31. The van der Waals surface area contributed by atoms with E-state index in [9.17, 15) is 9.59 Å². The number of anilines is 1. The van der Waals surface area contributed by atoms with Crippen molar-refractivity contribution in [3.05, 3.63) is 29.8 Å². The number of nitrogen functional groups attached to an aromatic ring is 1. The van der Waals surface area contributed by atoms with Crippen LogP contribution in [-0.2, 0) is 20.7 Å². The molecular formula is C12H14N2O3. The van der Waals surface area contributed by atoms with Gasteiger partial charge in [-0.25, -0.2) is 4.79 Å². The van der Waals surface area contributed by atoms with E-state index in [1.54, 1.807) is 24.3 Å². The van der Waals surface area contributed by atoms with Gasteiger partial charge < -0.3 is 15.8 Å². The average Bonchev–Trinajstić information content (AvgIpc) is 2.68. The first kappa shape index (κ1) is 11.4. The number of cyclic esters (lactones) is 1. The van der Waals surface area contributed by atoms with Crippen molar-refractivity contribution in [1.29, 1.82) is 0 Å². The van der Waals surface area contributed by atoms with E-state index in [2.05, 4.69) is 5.32 Å². The van der Waals surface area contributed by atoms with Crippen LogP contribution in [0.15, 0.2) is 24.3 Å². The third kappa shape index (κ3) is 2.96. The highest BCUT2D eigenvalue weighted by Gasteiger charge is 2.27. The van der Waals surface area contributed by atoms with Crippen LogP contribution in [0.2, 0.25) is 0 Å². The Bertz CT molecular complexity index is 428. The Morgan fingerprint density at radius 2 is 2.12 bits per heavy atom. The normalized spacial score (nSPS) is 18.8. The average molecular weight is 234 g/mol. The number of carbonyl (C=O) groups is 2. The summed E-state index contributed by atoms with van der Waals surface area (Å²) in [6.07, 6.45) is 0.788. The Labute approximate surface area is 98.9 Å². The first-order chi connectivity index (χ1) is 8.15. The first-order valence-electron chi connectivity index (χ1n) is 5.45. The molecule has 1 saturated heterocycles. The maximum Gasteiger partial charge on any atom is 0.328 e. The van der Waals surface area contributed by atoms with Gasteiger partial charge in [-0.1, -0.05) is 12.1 Å². The van der Waals surface area contributed by atoms with Gasteiger partial charge in [-0.3, -0.25) is 4.79 Å². The van der Waals surface area contributed by atoms with Crippen molar-refractivity contribution in [2.75, 3.05) is 12.3 Å². The summed E-state index contributed by atoms with van der Waals surface area (Å²) in [5.74, 6) is -0.533. The van der Waals surface area contributed by atoms with Gasteiger partial charge in [0.15, 0.2) is 0 Å². The molecule has 0 aliphatic carbocycles. The highest BCUT2D eigenvalue weighted by atomic mass is 16.5. The largest absolute Gasteiger partial charge is 0.464 e. The number of ether oxygens (including phenoxy) is 1. The number of amides is 1. The van der Waals surface area contributed by atoms with Gasteiger partial charge in [0.25, 0.3) is 0 Å². The van der Waals surface area contributed by atoms with E-state index >= 15 is 0 Å². The van der Waals surface area contributed by atoms with E-state index < -0.39 is 6.04 Å². The lowest BCUT2D eigenvalue weighted by Crippen LogP contribution is -2.38. The van der Waals surface area contributed by atoms with E-state index in [1.165, 1.54) is 0 Å². The molecule has 0 bridgehead atoms. The van der Waals surface area contributed by atoms with Crippen LogP contribution in [0, 0.1) is 0 Å². The minimum Gasteiger partial charge on any atom is -0.464 e. The molecule has 17 heavy (non-hydrogen) atoms. The molecule has 1 aliphatic rings. The molecule has 0 aromatic heterocycles. The molecular weight excluding hydrogens is 220 g/mol. The molecule has 0 unspecified atom stereocenters. The fourth-order valence-electron chi connectivity index (χ4n) is 1.69. The Kier molecular flexibility index (Phi) is 3.27. The van der Waals surface area contributed by atoms with Crippen LogP contribution in [0.4, 0.5) is 5.69 Å². The summed E-state index contributed by atoms with van der Waals surface area (Å²) in [5.41, 5.74) is 7.07. The predicted molar refractivity (Wildman–Crippen MR) is 62.1 cm³/mol. The molecule has 1 aromatic carbocycles. The molecule has 1 amide bonds. The van der Waals surface area contributed by atoms with Gasteiger partial charge in [0, 0.05) is 12.1 Å². The van der Waals surface area contributed by atoms with E-state index in [1.807, 2.05) is 0 Å². The third-order valence-corrected chi connectivity index (χ3v) is 2.61. The maximum atomic E-state index is 11.6. The summed E-state index contributed by atoms with van der Waals surface area (Å²) in [6.45, 7) is 0.381. The van der Waals surface area contributed by atoms with Crippen LogP contribution < -0.4 is 11.1 Å². The second kappa shape index (κ2) is 4.86. The van der Waals surface area contributed by atoms with Gasteiger partial charge in [0.2, 0.25) is 5.91 Å². The lowest BCUT2D eigenvalue weighted by Gasteiger charge is -2.08. The van der Waals surface area contributed by atoms with Gasteiger partial charge in [-0.05, 0) is 17.7 Å². The Hall–Kier alpha value is -2.04. The van der Waals surface area contributed by atoms with Gasteiger partial charge in [0.05, 0.1) is 13.0 Å². The highest BCUT2D eigenvalue weighted by molar-refractivity contribution is 5.86. The van der Waals surface area contributed by atoms with Gasteiger partial charge in [-0.15, -0.1) is 0 Å². The number of hydrogen-bond acceptors (Lipinski definition) is 4. The van der Waals surface area contributed by atoms with Gasteiger partial charge in [-0.2, -0.15) is 0 Å². The van der Waals surface area contributed by atoms with Crippen LogP contribution in [-0.4, -0.2) is 24.5 Å². The second-order valence-corrected chi connectivity index (χ2v) is 3.99. The number of hydrogen-bond donors (Lipinski definition) is 2. The number of benzene rings is 1. The lowest BCUT2D eigenvalue weighted by atomic mass is 10.1. The standard InChI is InChI=1S/C12H14N2O3/c13-9-3-1-8(2-4-9)7-11(15)14-10-5-6-17-12(10)16/h1-4,10H,5-7,13H2,(H,14,15)/t10-/m1/s1. The van der Waals surface area contributed by atoms with Crippen molar-refractivity contribution >= 4 is 17.6 Å². The van der Waals surface area contributed by atoms with Crippen LogP contribution in [0.3, 0.4) is 0 Å². The van der Waals surface area contributed by atoms with Crippen LogP contribution in [0.25, 0.3) is 0 Å². The van der Waals surface area contributed by atoms with E-state index in [0.717, 1.165) is 5.56 Å². The van der Waals surface area contributed by atoms with E-state index in [-0.39, 0.29) is 18.3 Å². The molecule has 5 heteroatoms. The van der Waals surface area contributed by atoms with Crippen LogP contribution >= 0.6 is 0 Å². The Morgan fingerprint density at radius 1 is 1.41 bits per heavy atom. The second-order valence-electron chi connectivity index (χ2n) is 3.99.